The summed E-state index contributed by atoms with van der Waals surface area (Å²) in [6, 6.07) is 7.47. The molecule has 0 spiro atoms. The maximum Gasteiger partial charge on any atom is 0.227 e. The summed E-state index contributed by atoms with van der Waals surface area (Å²) >= 11 is 6.03. The summed E-state index contributed by atoms with van der Waals surface area (Å²) in [6.07, 6.45) is 2.15. The van der Waals surface area contributed by atoms with E-state index in [-0.39, 0.29) is 35.3 Å². The lowest BCUT2D eigenvalue weighted by molar-refractivity contribution is -0.131. The van der Waals surface area contributed by atoms with Crippen molar-refractivity contribution < 1.29 is 9.21 Å². The Bertz CT molecular complexity index is 917. The Morgan fingerprint density at radius 1 is 1.22 bits per heavy atom. The van der Waals surface area contributed by atoms with Gasteiger partial charge in [0, 0.05) is 43.2 Å². The molecule has 1 fully saturated rings. The maximum absolute atomic E-state index is 12.7. The second-order valence-corrected chi connectivity index (χ2v) is 9.15. The number of benzene rings is 1. The molecule has 0 saturated carbocycles. The molecule has 1 amide bonds. The van der Waals surface area contributed by atoms with E-state index >= 15 is 0 Å². The minimum Gasteiger partial charge on any atom is -0.443 e. The van der Waals surface area contributed by atoms with Crippen LogP contribution in [0.15, 0.2) is 39.9 Å². The van der Waals surface area contributed by atoms with Crippen LogP contribution < -0.4 is 5.32 Å². The van der Waals surface area contributed by atoms with Crippen molar-refractivity contribution in [2.75, 3.05) is 32.7 Å². The van der Waals surface area contributed by atoms with Gasteiger partial charge in [-0.05, 0) is 24.6 Å². The number of carbonyl (C=O) groups is 1. The first kappa shape index (κ1) is 26.4. The van der Waals surface area contributed by atoms with Crippen molar-refractivity contribution in [1.82, 2.24) is 20.1 Å². The number of nitrogens with zero attached hydrogens (tertiary/aromatic N) is 4. The van der Waals surface area contributed by atoms with Crippen LogP contribution in [-0.2, 0) is 23.2 Å². The number of halogens is 2. The van der Waals surface area contributed by atoms with E-state index in [0.717, 1.165) is 36.9 Å². The number of oxazole rings is 1. The van der Waals surface area contributed by atoms with E-state index in [1.807, 2.05) is 36.1 Å². The van der Waals surface area contributed by atoms with E-state index in [1.54, 1.807) is 6.20 Å². The highest BCUT2D eigenvalue weighted by molar-refractivity contribution is 14.0. The van der Waals surface area contributed by atoms with Gasteiger partial charge in [-0.3, -0.25) is 4.79 Å². The normalized spacial score (nSPS) is 14.8. The molecule has 0 bridgehead atoms. The lowest BCUT2D eigenvalue weighted by Crippen LogP contribution is -2.54. The molecule has 1 aromatic carbocycles. The molecule has 7 nitrogen and oxygen atoms in total. The van der Waals surface area contributed by atoms with Crippen LogP contribution in [0.4, 0.5) is 0 Å². The lowest BCUT2D eigenvalue weighted by Gasteiger charge is -2.36. The molecule has 0 aliphatic carbocycles. The van der Waals surface area contributed by atoms with E-state index < -0.39 is 0 Å². The third-order valence-corrected chi connectivity index (χ3v) is 5.40. The predicted molar refractivity (Wildman–Crippen MR) is 139 cm³/mol. The van der Waals surface area contributed by atoms with Crippen LogP contribution in [0.3, 0.4) is 0 Å². The first-order chi connectivity index (χ1) is 14.8. The van der Waals surface area contributed by atoms with E-state index in [9.17, 15) is 4.79 Å². The number of aromatic nitrogens is 1. The van der Waals surface area contributed by atoms with Crippen LogP contribution in [-0.4, -0.2) is 59.4 Å². The Kier molecular flexibility index (Phi) is 9.82. The molecule has 0 atom stereocenters. The fraction of sp³-hybridized carbons (Fsp3) is 0.522. The number of aliphatic imine (C=N–C) groups is 1. The average molecular weight is 574 g/mol. The molecule has 9 heteroatoms. The average Bonchev–Trinajstić information content (AvgIpc) is 3.21. The number of piperazine rings is 1. The van der Waals surface area contributed by atoms with E-state index in [1.165, 1.54) is 0 Å². The van der Waals surface area contributed by atoms with Crippen molar-refractivity contribution in [1.29, 1.82) is 0 Å². The van der Waals surface area contributed by atoms with Crippen LogP contribution >= 0.6 is 35.6 Å². The zero-order valence-corrected chi connectivity index (χ0v) is 22.3. The van der Waals surface area contributed by atoms with Gasteiger partial charge in [0.15, 0.2) is 5.96 Å². The predicted octanol–water partition coefficient (Wildman–Crippen LogP) is 4.10. The van der Waals surface area contributed by atoms with E-state index in [4.69, 9.17) is 21.0 Å². The van der Waals surface area contributed by atoms with Crippen molar-refractivity contribution in [3.05, 3.63) is 52.7 Å². The molecule has 32 heavy (non-hydrogen) atoms. The standard InChI is InChI=1S/C23H32ClN5O2.HI/c1-5-25-22(27-16-20-26-15-19(31-20)23(2,3)4)29-11-9-28(10-12-29)21(30)14-17-7-6-8-18(24)13-17;/h6-8,13,15H,5,9-12,14,16H2,1-4H3,(H,25,27);1H. The first-order valence-electron chi connectivity index (χ1n) is 10.8. The van der Waals surface area contributed by atoms with Gasteiger partial charge in [-0.2, -0.15) is 0 Å². The van der Waals surface area contributed by atoms with Gasteiger partial charge in [-0.1, -0.05) is 44.5 Å². The van der Waals surface area contributed by atoms with Gasteiger partial charge in [0.05, 0.1) is 12.6 Å². The fourth-order valence-corrected chi connectivity index (χ4v) is 3.61. The van der Waals surface area contributed by atoms with E-state index in [2.05, 4.69) is 36.0 Å². The summed E-state index contributed by atoms with van der Waals surface area (Å²) in [6.45, 7) is 12.3. The minimum atomic E-state index is -0.0760. The molecule has 176 valence electrons. The van der Waals surface area contributed by atoms with Gasteiger partial charge in [0.2, 0.25) is 11.8 Å². The highest BCUT2D eigenvalue weighted by Gasteiger charge is 2.23. The van der Waals surface area contributed by atoms with Crippen LogP contribution in [0.5, 0.6) is 0 Å². The van der Waals surface area contributed by atoms with Gasteiger partial charge < -0.3 is 19.5 Å². The smallest absolute Gasteiger partial charge is 0.227 e. The number of rotatable bonds is 5. The largest absolute Gasteiger partial charge is 0.443 e. The quantitative estimate of drug-likeness (QED) is 0.331. The number of amides is 1. The Hall–Kier alpha value is -1.81. The van der Waals surface area contributed by atoms with Crippen LogP contribution in [0.1, 0.15) is 44.9 Å². The molecule has 1 aliphatic heterocycles. The SMILES string of the molecule is CCNC(=NCc1ncc(C(C)(C)C)o1)N1CCN(C(=O)Cc2cccc(Cl)c2)CC1.I. The summed E-state index contributed by atoms with van der Waals surface area (Å²) in [7, 11) is 0. The van der Waals surface area contributed by atoms with Gasteiger partial charge in [-0.15, -0.1) is 24.0 Å². The highest BCUT2D eigenvalue weighted by atomic mass is 127. The second kappa shape index (κ2) is 11.9. The van der Waals surface area contributed by atoms with Crippen molar-refractivity contribution in [2.24, 2.45) is 4.99 Å². The molecular weight excluding hydrogens is 541 g/mol. The topological polar surface area (TPSA) is 74.0 Å². The van der Waals surface area contributed by atoms with E-state index in [0.29, 0.717) is 37.0 Å². The summed E-state index contributed by atoms with van der Waals surface area (Å²) in [4.78, 5) is 25.8. The van der Waals surface area contributed by atoms with Gasteiger partial charge in [0.1, 0.15) is 12.3 Å². The third-order valence-electron chi connectivity index (χ3n) is 5.17. The second-order valence-electron chi connectivity index (χ2n) is 8.71. The summed E-state index contributed by atoms with van der Waals surface area (Å²) in [5.41, 5.74) is 0.864. The number of nitrogens with one attached hydrogen (secondary N) is 1. The monoisotopic (exact) mass is 573 g/mol. The Morgan fingerprint density at radius 2 is 1.91 bits per heavy atom. The first-order valence-corrected chi connectivity index (χ1v) is 11.1. The Labute approximate surface area is 212 Å². The molecular formula is C23H33ClIN5O2. The Morgan fingerprint density at radius 3 is 2.50 bits per heavy atom. The summed E-state index contributed by atoms with van der Waals surface area (Å²) in [5, 5.41) is 3.99. The molecule has 1 saturated heterocycles. The van der Waals surface area contributed by atoms with Gasteiger partial charge in [0.25, 0.3) is 0 Å². The highest BCUT2D eigenvalue weighted by Crippen LogP contribution is 2.23. The maximum atomic E-state index is 12.7. The molecule has 2 heterocycles. The van der Waals surface area contributed by atoms with Gasteiger partial charge in [-0.25, -0.2) is 9.98 Å². The van der Waals surface area contributed by atoms with Crippen molar-refractivity contribution in [2.45, 2.75) is 46.1 Å². The number of carbonyl (C=O) groups excluding carboxylic acids is 1. The number of hydrogen-bond donors (Lipinski definition) is 1. The number of hydrogen-bond acceptors (Lipinski definition) is 4. The van der Waals surface area contributed by atoms with Crippen molar-refractivity contribution >= 4 is 47.4 Å². The molecule has 1 aromatic heterocycles. The number of guanidine groups is 1. The molecule has 1 aliphatic rings. The molecule has 3 rings (SSSR count). The lowest BCUT2D eigenvalue weighted by atomic mass is 9.94. The molecule has 0 unspecified atom stereocenters. The molecule has 2 aromatic rings. The van der Waals surface area contributed by atoms with Crippen LogP contribution in [0, 0.1) is 0 Å². The van der Waals surface area contributed by atoms with Crippen molar-refractivity contribution in [3.63, 3.8) is 0 Å². The van der Waals surface area contributed by atoms with Crippen LogP contribution in [0.2, 0.25) is 5.02 Å². The van der Waals surface area contributed by atoms with Crippen LogP contribution in [0.25, 0.3) is 0 Å². The van der Waals surface area contributed by atoms with Crippen molar-refractivity contribution in [3.8, 4) is 0 Å². The molecule has 0 radical (unpaired) electrons. The minimum absolute atomic E-state index is 0. The zero-order valence-electron chi connectivity index (χ0n) is 19.2. The third kappa shape index (κ3) is 7.37. The zero-order chi connectivity index (χ0) is 22.4. The Balaban J connectivity index is 0.00000363. The van der Waals surface area contributed by atoms with Gasteiger partial charge >= 0.3 is 0 Å². The summed E-state index contributed by atoms with van der Waals surface area (Å²) < 4.78 is 5.85. The molecule has 1 N–H and O–H groups in total. The fourth-order valence-electron chi connectivity index (χ4n) is 3.40. The summed E-state index contributed by atoms with van der Waals surface area (Å²) in [5.74, 6) is 2.41.